The van der Waals surface area contributed by atoms with E-state index in [4.69, 9.17) is 5.84 Å². The van der Waals surface area contributed by atoms with Gasteiger partial charge in [-0.2, -0.15) is 14.6 Å². The number of nitrogens with two attached hydrogens (primary N) is 1. The lowest BCUT2D eigenvalue weighted by Crippen LogP contribution is -2.17. The molecule has 0 unspecified atom stereocenters. The van der Waals surface area contributed by atoms with Gasteiger partial charge in [0.15, 0.2) is 11.3 Å². The maximum Gasteiger partial charge on any atom is 0.350 e. The van der Waals surface area contributed by atoms with Crippen LogP contribution in [0.2, 0.25) is 0 Å². The molecule has 0 aliphatic carbocycles. The van der Waals surface area contributed by atoms with Crippen molar-refractivity contribution in [2.24, 2.45) is 12.9 Å². The number of halogens is 5. The SMILES string of the molecule is Cc1cn2c(=O)[nH]nc2cc1I.Cc1cn2c(=O)n(C)nc2cc1I.Cc1cnc(F)cc1I.Cc1cnc(NN)cc1I. The second-order valence-corrected chi connectivity index (χ2v) is 13.9. The molecule has 0 spiro atoms. The van der Waals surface area contributed by atoms with E-state index >= 15 is 0 Å². The molecule has 0 amide bonds. The molecule has 17 heteroatoms. The number of nitrogens with one attached hydrogen (secondary N) is 2. The number of anilines is 1. The first-order chi connectivity index (χ1) is 20.7. The van der Waals surface area contributed by atoms with Crippen molar-refractivity contribution < 1.29 is 4.39 Å². The van der Waals surface area contributed by atoms with Gasteiger partial charge in [0.2, 0.25) is 5.95 Å². The summed E-state index contributed by atoms with van der Waals surface area (Å²) in [4.78, 5) is 30.0. The van der Waals surface area contributed by atoms with Crippen LogP contribution in [0.15, 0.2) is 58.6 Å². The van der Waals surface area contributed by atoms with Crippen LogP contribution in [0.1, 0.15) is 22.3 Å². The first-order valence-electron chi connectivity index (χ1n) is 12.5. The summed E-state index contributed by atoms with van der Waals surface area (Å²) in [5.74, 6) is 5.44. The van der Waals surface area contributed by atoms with Crippen molar-refractivity contribution in [3.63, 3.8) is 0 Å². The van der Waals surface area contributed by atoms with E-state index in [-0.39, 0.29) is 11.4 Å². The molecule has 0 radical (unpaired) electrons. The first-order valence-corrected chi connectivity index (χ1v) is 16.8. The van der Waals surface area contributed by atoms with Crippen LogP contribution in [-0.4, -0.2) is 38.7 Å². The smallest absolute Gasteiger partial charge is 0.308 e. The normalized spacial score (nSPS) is 10.3. The summed E-state index contributed by atoms with van der Waals surface area (Å²) in [7, 11) is 1.65. The van der Waals surface area contributed by atoms with E-state index in [2.05, 4.69) is 121 Å². The number of aromatic nitrogens is 8. The molecular weight excluding hydrogens is 1020 g/mol. The molecule has 0 saturated heterocycles. The zero-order valence-corrected chi connectivity index (χ0v) is 32.7. The molecule has 6 heterocycles. The van der Waals surface area contributed by atoms with Crippen molar-refractivity contribution in [3.05, 3.63) is 113 Å². The lowest BCUT2D eigenvalue weighted by atomic mass is 10.3. The van der Waals surface area contributed by atoms with Gasteiger partial charge in [-0.15, -0.1) is 0 Å². The Balaban J connectivity index is 0.000000162. The highest BCUT2D eigenvalue weighted by molar-refractivity contribution is 14.1. The Bertz CT molecular complexity index is 2040. The molecular formula is C27H27FI4N10O2. The Kier molecular flexibility index (Phi) is 13.5. The second-order valence-electron chi connectivity index (χ2n) is 9.22. The zero-order valence-electron chi connectivity index (χ0n) is 24.0. The van der Waals surface area contributed by atoms with Crippen LogP contribution >= 0.6 is 90.4 Å². The third kappa shape index (κ3) is 9.62. The molecule has 0 aliphatic heterocycles. The van der Waals surface area contributed by atoms with Crippen LogP contribution in [0.5, 0.6) is 0 Å². The van der Waals surface area contributed by atoms with E-state index in [0.29, 0.717) is 17.1 Å². The maximum absolute atomic E-state index is 12.2. The number of H-pyrrole nitrogens is 1. The number of hydrazine groups is 1. The van der Waals surface area contributed by atoms with Crippen molar-refractivity contribution in [3.8, 4) is 0 Å². The fraction of sp³-hybridized carbons (Fsp3) is 0.185. The van der Waals surface area contributed by atoms with E-state index in [1.165, 1.54) is 30.5 Å². The molecule has 12 nitrogen and oxygen atoms in total. The number of nitrogen functional groups attached to an aromatic ring is 1. The third-order valence-corrected chi connectivity index (χ3v) is 10.5. The van der Waals surface area contributed by atoms with Crippen LogP contribution < -0.4 is 22.6 Å². The standard InChI is InChI=1S/C8H8IN3O.C7H6IN3O.C6H5FIN.C6H8IN3/c1-5-4-12-7(3-6(5)9)10-11(2)8(12)13;1-4-3-11-6(2-5(4)8)9-10-7(11)12;1-4-3-9-6(7)2-5(4)8;1-4-3-9-6(10-8)2-5(4)7/h3-4H,1-2H3;2-3H,1H3,(H,10,12);2-3H,1H3;2-3H,8H2,1H3,(H,9,10). The van der Waals surface area contributed by atoms with Crippen LogP contribution in [0.4, 0.5) is 10.2 Å². The largest absolute Gasteiger partial charge is 0.350 e. The highest BCUT2D eigenvalue weighted by Gasteiger charge is 2.05. The molecule has 0 saturated carbocycles. The fourth-order valence-electron chi connectivity index (χ4n) is 3.28. The molecule has 232 valence electrons. The molecule has 0 bridgehead atoms. The lowest BCUT2D eigenvalue weighted by molar-refractivity contribution is 0.581. The fourth-order valence-corrected chi connectivity index (χ4v) is 4.95. The Hall–Kier alpha value is -2.25. The van der Waals surface area contributed by atoms with E-state index in [1.54, 1.807) is 23.8 Å². The van der Waals surface area contributed by atoms with E-state index in [9.17, 15) is 14.0 Å². The lowest BCUT2D eigenvalue weighted by Gasteiger charge is -2.00. The topological polar surface area (TPSA) is 153 Å². The van der Waals surface area contributed by atoms with E-state index in [0.717, 1.165) is 27.4 Å². The van der Waals surface area contributed by atoms with Gasteiger partial charge in [0.1, 0.15) is 5.82 Å². The summed E-state index contributed by atoms with van der Waals surface area (Å²) in [5, 5.41) is 10.3. The summed E-state index contributed by atoms with van der Waals surface area (Å²) in [6, 6.07) is 7.08. The highest BCUT2D eigenvalue weighted by Crippen LogP contribution is 2.14. The van der Waals surface area contributed by atoms with Gasteiger partial charge in [-0.1, -0.05) is 0 Å². The predicted octanol–water partition coefficient (Wildman–Crippen LogP) is 5.30. The molecule has 0 fully saturated rings. The van der Waals surface area contributed by atoms with Crippen molar-refractivity contribution in [2.45, 2.75) is 27.7 Å². The minimum Gasteiger partial charge on any atom is -0.308 e. The summed E-state index contributed by atoms with van der Waals surface area (Å²) in [6.45, 7) is 7.84. The minimum absolute atomic E-state index is 0.102. The number of pyridine rings is 4. The minimum atomic E-state index is -0.412. The number of rotatable bonds is 1. The third-order valence-electron chi connectivity index (χ3n) is 5.81. The monoisotopic (exact) mass is 1050 g/mol. The average molecular weight is 1050 g/mol. The van der Waals surface area contributed by atoms with Crippen molar-refractivity contribution in [1.82, 2.24) is 38.7 Å². The Morgan fingerprint density at radius 2 is 1.30 bits per heavy atom. The van der Waals surface area contributed by atoms with Crippen LogP contribution in [0.25, 0.3) is 11.3 Å². The van der Waals surface area contributed by atoms with Gasteiger partial charge >= 0.3 is 11.4 Å². The van der Waals surface area contributed by atoms with Gasteiger partial charge in [0, 0.05) is 52.2 Å². The number of fused-ring (bicyclic) bond motifs is 2. The zero-order chi connectivity index (χ0) is 32.7. The average Bonchev–Trinajstić information content (AvgIpc) is 3.47. The molecule has 6 rings (SSSR count). The number of nitrogens with zero attached hydrogens (tertiary/aromatic N) is 7. The molecule has 44 heavy (non-hydrogen) atoms. The predicted molar refractivity (Wildman–Crippen MR) is 202 cm³/mol. The molecule has 0 atom stereocenters. The van der Waals surface area contributed by atoms with Crippen LogP contribution in [0, 0.1) is 47.9 Å². The van der Waals surface area contributed by atoms with E-state index < -0.39 is 5.95 Å². The Labute approximate surface area is 306 Å². The summed E-state index contributed by atoms with van der Waals surface area (Å²) in [6.07, 6.45) is 6.91. The van der Waals surface area contributed by atoms with Crippen molar-refractivity contribution >= 4 is 107 Å². The number of hydrogen-bond acceptors (Lipinski definition) is 8. The van der Waals surface area contributed by atoms with Gasteiger partial charge in [0.05, 0.1) is 0 Å². The van der Waals surface area contributed by atoms with Gasteiger partial charge in [0.25, 0.3) is 0 Å². The number of aryl methyl sites for hydroxylation is 5. The quantitative estimate of drug-likeness (QED) is 0.0870. The van der Waals surface area contributed by atoms with Crippen LogP contribution in [-0.2, 0) is 7.05 Å². The number of aromatic amines is 1. The summed E-state index contributed by atoms with van der Waals surface area (Å²) < 4.78 is 20.9. The van der Waals surface area contributed by atoms with Gasteiger partial charge in [-0.3, -0.25) is 4.40 Å². The molecule has 6 aromatic rings. The van der Waals surface area contributed by atoms with Crippen molar-refractivity contribution in [1.29, 1.82) is 0 Å². The Morgan fingerprint density at radius 3 is 1.84 bits per heavy atom. The first kappa shape index (κ1) is 36.2. The summed E-state index contributed by atoms with van der Waals surface area (Å²) in [5.41, 5.74) is 7.88. The van der Waals surface area contributed by atoms with Gasteiger partial charge in [-0.25, -0.2) is 39.6 Å². The number of hydrogen-bond donors (Lipinski definition) is 3. The molecule has 4 N–H and O–H groups in total. The molecule has 0 aromatic carbocycles. The molecule has 0 aliphatic rings. The van der Waals surface area contributed by atoms with Crippen molar-refractivity contribution in [2.75, 3.05) is 5.43 Å². The van der Waals surface area contributed by atoms with Gasteiger partial charge < -0.3 is 5.43 Å². The maximum atomic E-state index is 12.2. The Morgan fingerprint density at radius 1 is 0.773 bits per heavy atom. The molecule has 6 aromatic heterocycles. The summed E-state index contributed by atoms with van der Waals surface area (Å²) >= 11 is 8.75. The van der Waals surface area contributed by atoms with Gasteiger partial charge in [-0.05, 0) is 159 Å². The van der Waals surface area contributed by atoms with Crippen LogP contribution in [0.3, 0.4) is 0 Å². The second kappa shape index (κ2) is 16.4. The van der Waals surface area contributed by atoms with E-state index in [1.807, 2.05) is 52.1 Å². The highest BCUT2D eigenvalue weighted by atomic mass is 127.